The number of aromatic nitrogens is 3. The van der Waals surface area contributed by atoms with Gasteiger partial charge in [-0.1, -0.05) is 55.0 Å². The molecular weight excluding hydrogens is 282 g/mol. The van der Waals surface area contributed by atoms with Crippen LogP contribution >= 0.6 is 11.3 Å². The highest BCUT2D eigenvalue weighted by molar-refractivity contribution is 7.16. The maximum absolute atomic E-state index is 11.5. The predicted molar refractivity (Wildman–Crippen MR) is 85.0 cm³/mol. The van der Waals surface area contributed by atoms with Crippen LogP contribution in [0, 0.1) is 12.8 Å². The van der Waals surface area contributed by atoms with Crippen molar-refractivity contribution in [3.8, 4) is 11.3 Å². The van der Waals surface area contributed by atoms with Crippen molar-refractivity contribution < 1.29 is 4.79 Å². The van der Waals surface area contributed by atoms with Gasteiger partial charge in [-0.3, -0.25) is 4.79 Å². The van der Waals surface area contributed by atoms with E-state index in [9.17, 15) is 4.79 Å². The van der Waals surface area contributed by atoms with Crippen LogP contribution < -0.4 is 0 Å². The van der Waals surface area contributed by atoms with E-state index in [0.717, 1.165) is 28.2 Å². The molecule has 0 saturated heterocycles. The summed E-state index contributed by atoms with van der Waals surface area (Å²) in [4.78, 5) is 16.9. The molecule has 3 aromatic rings. The molecule has 0 aliphatic rings. The molecular formula is C16H17N3OS. The maximum Gasteiger partial charge on any atom is 0.213 e. The Morgan fingerprint density at radius 3 is 2.62 bits per heavy atom. The van der Waals surface area contributed by atoms with Crippen LogP contribution in [0.3, 0.4) is 0 Å². The van der Waals surface area contributed by atoms with Crippen LogP contribution in [-0.2, 0) is 6.42 Å². The molecule has 4 nitrogen and oxygen atoms in total. The van der Waals surface area contributed by atoms with Gasteiger partial charge < -0.3 is 0 Å². The van der Waals surface area contributed by atoms with Crippen molar-refractivity contribution >= 4 is 22.6 Å². The smallest absolute Gasteiger partial charge is 0.213 e. The topological polar surface area (TPSA) is 47.3 Å². The van der Waals surface area contributed by atoms with Crippen LogP contribution in [0.25, 0.3) is 16.2 Å². The molecule has 5 heteroatoms. The van der Waals surface area contributed by atoms with Crippen LogP contribution in [-0.4, -0.2) is 20.9 Å². The Morgan fingerprint density at radius 1 is 1.29 bits per heavy atom. The lowest BCUT2D eigenvalue weighted by Crippen LogP contribution is -1.98. The average molecular weight is 299 g/mol. The third-order valence-electron chi connectivity index (χ3n) is 3.30. The zero-order valence-electron chi connectivity index (χ0n) is 12.3. The molecule has 0 unspecified atom stereocenters. The van der Waals surface area contributed by atoms with E-state index in [1.54, 1.807) is 15.9 Å². The van der Waals surface area contributed by atoms with Gasteiger partial charge in [0.1, 0.15) is 16.4 Å². The van der Waals surface area contributed by atoms with Gasteiger partial charge >= 0.3 is 0 Å². The van der Waals surface area contributed by atoms with E-state index >= 15 is 0 Å². The zero-order chi connectivity index (χ0) is 15.0. The first-order chi connectivity index (χ1) is 10.1. The number of aryl methyl sites for hydroxylation is 1. The molecule has 0 aliphatic heterocycles. The Labute approximate surface area is 127 Å². The van der Waals surface area contributed by atoms with Crippen molar-refractivity contribution in [1.82, 2.24) is 14.6 Å². The minimum Gasteiger partial charge on any atom is -0.296 e. The lowest BCUT2D eigenvalue weighted by molar-refractivity contribution is 0.111. The summed E-state index contributed by atoms with van der Waals surface area (Å²) in [5.74, 6) is 0.539. The van der Waals surface area contributed by atoms with Crippen molar-refractivity contribution in [2.75, 3.05) is 0 Å². The number of hydrogen-bond donors (Lipinski definition) is 0. The second kappa shape index (κ2) is 5.41. The highest BCUT2D eigenvalue weighted by atomic mass is 32.1. The van der Waals surface area contributed by atoms with Crippen molar-refractivity contribution in [2.24, 2.45) is 5.92 Å². The molecule has 2 aromatic heterocycles. The van der Waals surface area contributed by atoms with Crippen molar-refractivity contribution in [1.29, 1.82) is 0 Å². The minimum absolute atomic E-state index is 0.528. The molecule has 2 heterocycles. The van der Waals surface area contributed by atoms with Gasteiger partial charge in [-0.25, -0.2) is 4.98 Å². The molecule has 108 valence electrons. The van der Waals surface area contributed by atoms with E-state index in [1.807, 2.05) is 31.2 Å². The number of aldehydes is 1. The van der Waals surface area contributed by atoms with Crippen molar-refractivity contribution in [3.63, 3.8) is 0 Å². The lowest BCUT2D eigenvalue weighted by Gasteiger charge is -2.00. The number of imidazole rings is 1. The minimum atomic E-state index is 0.528. The van der Waals surface area contributed by atoms with E-state index in [4.69, 9.17) is 0 Å². The Morgan fingerprint density at radius 2 is 2.00 bits per heavy atom. The van der Waals surface area contributed by atoms with Gasteiger partial charge in [-0.2, -0.15) is 9.61 Å². The summed E-state index contributed by atoms with van der Waals surface area (Å²) in [6, 6.07) is 8.03. The fraction of sp³-hybridized carbons (Fsp3) is 0.312. The Hall–Kier alpha value is -2.01. The Balaban J connectivity index is 2.10. The monoisotopic (exact) mass is 299 g/mol. The summed E-state index contributed by atoms with van der Waals surface area (Å²) in [5, 5.41) is 5.55. The molecule has 0 fully saturated rings. The molecule has 0 saturated carbocycles. The number of fused-ring (bicyclic) bond motifs is 1. The molecule has 0 bridgehead atoms. The summed E-state index contributed by atoms with van der Waals surface area (Å²) in [6.45, 7) is 6.35. The van der Waals surface area contributed by atoms with Gasteiger partial charge in [0.25, 0.3) is 0 Å². The van der Waals surface area contributed by atoms with Crippen LogP contribution in [0.2, 0.25) is 0 Å². The van der Waals surface area contributed by atoms with Gasteiger partial charge in [0, 0.05) is 12.0 Å². The van der Waals surface area contributed by atoms with Crippen LogP contribution in [0.15, 0.2) is 24.3 Å². The van der Waals surface area contributed by atoms with E-state index < -0.39 is 0 Å². The fourth-order valence-electron chi connectivity index (χ4n) is 2.26. The second-order valence-corrected chi connectivity index (χ2v) is 6.66. The van der Waals surface area contributed by atoms with E-state index in [1.165, 1.54) is 5.56 Å². The van der Waals surface area contributed by atoms with Gasteiger partial charge in [0.05, 0.1) is 0 Å². The summed E-state index contributed by atoms with van der Waals surface area (Å²) < 4.78 is 1.67. The van der Waals surface area contributed by atoms with Crippen LogP contribution in [0.4, 0.5) is 0 Å². The first-order valence-corrected chi connectivity index (χ1v) is 7.81. The van der Waals surface area contributed by atoms with Gasteiger partial charge in [-0.15, -0.1) is 0 Å². The highest BCUT2D eigenvalue weighted by Crippen LogP contribution is 2.27. The SMILES string of the molecule is Cc1ccc(-c2nc3sc(CC(C)C)nn3c2C=O)cc1. The standard InChI is InChI=1S/C16H17N3OS/c1-10(2)8-14-18-19-13(9-20)15(17-16(19)21-14)12-6-4-11(3)5-7-12/h4-7,9-10H,8H2,1-3H3. The first-order valence-electron chi connectivity index (χ1n) is 6.99. The number of carbonyl (C=O) groups is 1. The zero-order valence-corrected chi connectivity index (χ0v) is 13.1. The number of nitrogens with zero attached hydrogens (tertiary/aromatic N) is 3. The molecule has 0 spiro atoms. The lowest BCUT2D eigenvalue weighted by atomic mass is 10.1. The van der Waals surface area contributed by atoms with Crippen LogP contribution in [0.1, 0.15) is 34.9 Å². The molecule has 0 N–H and O–H groups in total. The molecule has 1 aromatic carbocycles. The molecule has 21 heavy (non-hydrogen) atoms. The van der Waals surface area contributed by atoms with Crippen LogP contribution in [0.5, 0.6) is 0 Å². The molecule has 3 rings (SSSR count). The molecule has 0 radical (unpaired) electrons. The first kappa shape index (κ1) is 13.9. The third kappa shape index (κ3) is 2.61. The quantitative estimate of drug-likeness (QED) is 0.689. The number of benzene rings is 1. The second-order valence-electron chi connectivity index (χ2n) is 5.62. The van der Waals surface area contributed by atoms with E-state index in [2.05, 4.69) is 23.9 Å². The molecule has 0 aliphatic carbocycles. The van der Waals surface area contributed by atoms with Gasteiger partial charge in [-0.05, 0) is 12.8 Å². The highest BCUT2D eigenvalue weighted by Gasteiger charge is 2.17. The number of rotatable bonds is 4. The van der Waals surface area contributed by atoms with Gasteiger partial charge in [0.2, 0.25) is 4.96 Å². The molecule has 0 amide bonds. The fourth-order valence-corrected chi connectivity index (χ4v) is 3.38. The van der Waals surface area contributed by atoms with E-state index in [-0.39, 0.29) is 0 Å². The molecule has 0 atom stereocenters. The Kier molecular flexibility index (Phi) is 3.59. The van der Waals surface area contributed by atoms with Crippen molar-refractivity contribution in [3.05, 3.63) is 40.5 Å². The third-order valence-corrected chi connectivity index (χ3v) is 4.23. The average Bonchev–Trinajstić information content (AvgIpc) is 2.95. The largest absolute Gasteiger partial charge is 0.296 e. The predicted octanol–water partition coefficient (Wildman–Crippen LogP) is 3.78. The normalized spacial score (nSPS) is 11.4. The Bertz CT molecular complexity index is 784. The number of hydrogen-bond acceptors (Lipinski definition) is 4. The summed E-state index contributed by atoms with van der Waals surface area (Å²) in [6.07, 6.45) is 1.75. The van der Waals surface area contributed by atoms with Gasteiger partial charge in [0.15, 0.2) is 6.29 Å². The summed E-state index contributed by atoms with van der Waals surface area (Å²) in [5.41, 5.74) is 3.37. The maximum atomic E-state index is 11.5. The van der Waals surface area contributed by atoms with E-state index in [0.29, 0.717) is 17.3 Å². The number of carbonyl (C=O) groups excluding carboxylic acids is 1. The summed E-state index contributed by atoms with van der Waals surface area (Å²) >= 11 is 1.56. The summed E-state index contributed by atoms with van der Waals surface area (Å²) in [7, 11) is 0. The van der Waals surface area contributed by atoms with Crippen molar-refractivity contribution in [2.45, 2.75) is 27.2 Å².